The van der Waals surface area contributed by atoms with Gasteiger partial charge in [-0.1, -0.05) is 18.2 Å². The number of nitrogens with zero attached hydrogens (tertiary/aromatic N) is 3. The average molecular weight is 400 g/mol. The standard InChI is InChI=1S/C22H33N5O2/c1-4-23-22(24-11-7-12-29-20-10-13-28-16-20)25-15-19-8-5-6-9-21(19)27-18(3)14-17(2)26-27/h5-6,8-9,14,20H,4,7,10-13,15-16H2,1-3H3,(H2,23,24,25). The normalized spacial score (nSPS) is 16.9. The van der Waals surface area contributed by atoms with Crippen LogP contribution in [0.4, 0.5) is 0 Å². The lowest BCUT2D eigenvalue weighted by atomic mass is 10.2. The van der Waals surface area contributed by atoms with Gasteiger partial charge >= 0.3 is 0 Å². The van der Waals surface area contributed by atoms with E-state index in [2.05, 4.69) is 47.8 Å². The lowest BCUT2D eigenvalue weighted by molar-refractivity contribution is 0.0420. The highest BCUT2D eigenvalue weighted by Gasteiger charge is 2.15. The van der Waals surface area contributed by atoms with E-state index < -0.39 is 0 Å². The molecule has 1 aromatic heterocycles. The molecule has 0 aliphatic carbocycles. The zero-order chi connectivity index (χ0) is 20.5. The SMILES string of the molecule is CCNC(=NCc1ccccc1-n1nc(C)cc1C)NCCCOC1CCOC1. The van der Waals surface area contributed by atoms with Gasteiger partial charge in [0, 0.05) is 32.0 Å². The highest BCUT2D eigenvalue weighted by molar-refractivity contribution is 5.79. The Balaban J connectivity index is 1.56. The van der Waals surface area contributed by atoms with Crippen LogP contribution in [-0.2, 0) is 16.0 Å². The maximum absolute atomic E-state index is 5.82. The highest BCUT2D eigenvalue weighted by atomic mass is 16.5. The Morgan fingerprint density at radius 3 is 2.90 bits per heavy atom. The van der Waals surface area contributed by atoms with Crippen LogP contribution >= 0.6 is 0 Å². The molecule has 0 amide bonds. The fourth-order valence-corrected chi connectivity index (χ4v) is 3.40. The van der Waals surface area contributed by atoms with Crippen molar-refractivity contribution in [1.82, 2.24) is 20.4 Å². The van der Waals surface area contributed by atoms with E-state index in [1.807, 2.05) is 23.7 Å². The third-order valence-corrected chi connectivity index (χ3v) is 4.84. The first-order valence-electron chi connectivity index (χ1n) is 10.5. The van der Waals surface area contributed by atoms with Gasteiger partial charge in [-0.15, -0.1) is 0 Å². The van der Waals surface area contributed by atoms with E-state index in [9.17, 15) is 0 Å². The summed E-state index contributed by atoms with van der Waals surface area (Å²) in [7, 11) is 0. The second kappa shape index (κ2) is 11.0. The maximum atomic E-state index is 5.82. The molecule has 2 heterocycles. The van der Waals surface area contributed by atoms with Gasteiger partial charge < -0.3 is 20.1 Å². The monoisotopic (exact) mass is 399 g/mol. The first-order valence-corrected chi connectivity index (χ1v) is 10.5. The molecule has 1 aromatic carbocycles. The molecule has 158 valence electrons. The van der Waals surface area contributed by atoms with Crippen molar-refractivity contribution in [3.63, 3.8) is 0 Å². The van der Waals surface area contributed by atoms with Gasteiger partial charge in [-0.2, -0.15) is 5.10 Å². The second-order valence-corrected chi connectivity index (χ2v) is 7.30. The van der Waals surface area contributed by atoms with Crippen molar-refractivity contribution in [2.45, 2.75) is 46.3 Å². The molecule has 2 N–H and O–H groups in total. The predicted molar refractivity (Wildman–Crippen MR) is 116 cm³/mol. The van der Waals surface area contributed by atoms with Crippen molar-refractivity contribution in [3.05, 3.63) is 47.3 Å². The maximum Gasteiger partial charge on any atom is 0.191 e. The van der Waals surface area contributed by atoms with Crippen molar-refractivity contribution in [2.24, 2.45) is 4.99 Å². The number of hydrogen-bond donors (Lipinski definition) is 2. The largest absolute Gasteiger partial charge is 0.379 e. The zero-order valence-electron chi connectivity index (χ0n) is 17.8. The number of rotatable bonds is 9. The molecule has 3 rings (SSSR count). The molecule has 1 fully saturated rings. The minimum Gasteiger partial charge on any atom is -0.379 e. The van der Waals surface area contributed by atoms with Crippen molar-refractivity contribution in [2.75, 3.05) is 32.9 Å². The van der Waals surface area contributed by atoms with E-state index in [0.717, 1.165) is 74.4 Å². The van der Waals surface area contributed by atoms with Gasteiger partial charge in [0.15, 0.2) is 5.96 Å². The summed E-state index contributed by atoms with van der Waals surface area (Å²) in [6.45, 7) is 10.7. The molecule has 1 aliphatic rings. The Labute approximate surface area is 173 Å². The quantitative estimate of drug-likeness (QED) is 0.385. The van der Waals surface area contributed by atoms with Crippen molar-refractivity contribution in [3.8, 4) is 5.69 Å². The van der Waals surface area contributed by atoms with Gasteiger partial charge in [0.2, 0.25) is 0 Å². The summed E-state index contributed by atoms with van der Waals surface area (Å²) in [4.78, 5) is 4.77. The van der Waals surface area contributed by atoms with Gasteiger partial charge in [0.25, 0.3) is 0 Å². The van der Waals surface area contributed by atoms with E-state index in [0.29, 0.717) is 6.54 Å². The van der Waals surface area contributed by atoms with Crippen LogP contribution in [0, 0.1) is 13.8 Å². The van der Waals surface area contributed by atoms with Crippen LogP contribution in [0.3, 0.4) is 0 Å². The third-order valence-electron chi connectivity index (χ3n) is 4.84. The lowest BCUT2D eigenvalue weighted by Crippen LogP contribution is -2.38. The molecule has 29 heavy (non-hydrogen) atoms. The van der Waals surface area contributed by atoms with E-state index in [4.69, 9.17) is 14.5 Å². The van der Waals surface area contributed by atoms with Crippen LogP contribution in [0.5, 0.6) is 0 Å². The molecule has 2 aromatic rings. The molecule has 7 nitrogen and oxygen atoms in total. The Hall–Kier alpha value is -2.38. The number of guanidine groups is 1. The smallest absolute Gasteiger partial charge is 0.191 e. The molecule has 1 aliphatic heterocycles. The van der Waals surface area contributed by atoms with Crippen LogP contribution in [0.15, 0.2) is 35.3 Å². The van der Waals surface area contributed by atoms with E-state index in [-0.39, 0.29) is 6.10 Å². The van der Waals surface area contributed by atoms with Crippen molar-refractivity contribution < 1.29 is 9.47 Å². The van der Waals surface area contributed by atoms with Crippen molar-refractivity contribution in [1.29, 1.82) is 0 Å². The number of para-hydroxylation sites is 1. The number of nitrogens with one attached hydrogen (secondary N) is 2. The molecular weight excluding hydrogens is 366 g/mol. The fraction of sp³-hybridized carbons (Fsp3) is 0.545. The number of benzene rings is 1. The zero-order valence-corrected chi connectivity index (χ0v) is 17.8. The lowest BCUT2D eigenvalue weighted by Gasteiger charge is -2.14. The molecule has 1 atom stereocenters. The van der Waals surface area contributed by atoms with E-state index in [1.54, 1.807) is 0 Å². The molecule has 1 unspecified atom stereocenters. The van der Waals surface area contributed by atoms with Crippen LogP contribution in [0.1, 0.15) is 36.7 Å². The molecule has 0 radical (unpaired) electrons. The average Bonchev–Trinajstić information content (AvgIpc) is 3.35. The summed E-state index contributed by atoms with van der Waals surface area (Å²) in [5.41, 5.74) is 4.35. The van der Waals surface area contributed by atoms with Crippen LogP contribution in [0.2, 0.25) is 0 Å². The van der Waals surface area contributed by atoms with Gasteiger partial charge in [-0.3, -0.25) is 0 Å². The van der Waals surface area contributed by atoms with E-state index >= 15 is 0 Å². The number of aliphatic imine (C=N–C) groups is 1. The predicted octanol–water partition coefficient (Wildman–Crippen LogP) is 2.74. The Morgan fingerprint density at radius 2 is 2.17 bits per heavy atom. The molecule has 0 spiro atoms. The second-order valence-electron chi connectivity index (χ2n) is 7.30. The summed E-state index contributed by atoms with van der Waals surface area (Å²) in [5, 5.41) is 11.3. The number of aromatic nitrogens is 2. The van der Waals surface area contributed by atoms with E-state index in [1.165, 1.54) is 0 Å². The molecule has 0 bridgehead atoms. The summed E-state index contributed by atoms with van der Waals surface area (Å²) in [5.74, 6) is 0.819. The van der Waals surface area contributed by atoms with Crippen molar-refractivity contribution >= 4 is 5.96 Å². The Bertz CT molecular complexity index is 796. The number of hydrogen-bond acceptors (Lipinski definition) is 4. The molecule has 0 saturated carbocycles. The van der Waals surface area contributed by atoms with Crippen LogP contribution in [-0.4, -0.2) is 54.8 Å². The highest BCUT2D eigenvalue weighted by Crippen LogP contribution is 2.17. The summed E-state index contributed by atoms with van der Waals surface area (Å²) < 4.78 is 13.1. The molecule has 7 heteroatoms. The Morgan fingerprint density at radius 1 is 1.31 bits per heavy atom. The first-order chi connectivity index (χ1) is 14.2. The van der Waals surface area contributed by atoms with Crippen LogP contribution < -0.4 is 10.6 Å². The van der Waals surface area contributed by atoms with Gasteiger partial charge in [-0.05, 0) is 51.3 Å². The topological polar surface area (TPSA) is 72.7 Å². The van der Waals surface area contributed by atoms with Gasteiger partial charge in [0.05, 0.1) is 30.6 Å². The third kappa shape index (κ3) is 6.30. The summed E-state index contributed by atoms with van der Waals surface area (Å²) in [6.07, 6.45) is 2.21. The van der Waals surface area contributed by atoms with Crippen LogP contribution in [0.25, 0.3) is 5.69 Å². The van der Waals surface area contributed by atoms with Gasteiger partial charge in [0.1, 0.15) is 0 Å². The molecule has 1 saturated heterocycles. The number of aryl methyl sites for hydroxylation is 2. The first kappa shape index (κ1) is 21.3. The van der Waals surface area contributed by atoms with Gasteiger partial charge in [-0.25, -0.2) is 9.67 Å². The minimum absolute atomic E-state index is 0.266. The summed E-state index contributed by atoms with van der Waals surface area (Å²) >= 11 is 0. The summed E-state index contributed by atoms with van der Waals surface area (Å²) in [6, 6.07) is 10.4. The Kier molecular flexibility index (Phi) is 8.07. The number of ether oxygens (including phenoxy) is 2. The fourth-order valence-electron chi connectivity index (χ4n) is 3.40. The molecular formula is C22H33N5O2. The minimum atomic E-state index is 0.266.